The van der Waals surface area contributed by atoms with Crippen LogP contribution in [0.15, 0.2) is 60.7 Å². The quantitative estimate of drug-likeness (QED) is 0.761. The minimum absolute atomic E-state index is 0.748. The Bertz CT molecular complexity index is 459. The van der Waals surface area contributed by atoms with Gasteiger partial charge in [-0.2, -0.15) is 0 Å². The van der Waals surface area contributed by atoms with Crippen LogP contribution < -0.4 is 4.90 Å². The zero-order valence-electron chi connectivity index (χ0n) is 9.92. The second-order valence-electron chi connectivity index (χ2n) is 4.68. The van der Waals surface area contributed by atoms with E-state index in [1.165, 1.54) is 24.1 Å². The van der Waals surface area contributed by atoms with Crippen LogP contribution in [0.3, 0.4) is 0 Å². The van der Waals surface area contributed by atoms with Gasteiger partial charge in [0.2, 0.25) is 0 Å². The van der Waals surface area contributed by atoms with Crippen molar-refractivity contribution in [3.8, 4) is 0 Å². The van der Waals surface area contributed by atoms with Crippen LogP contribution >= 0.6 is 0 Å². The number of para-hydroxylation sites is 1. The summed E-state index contributed by atoms with van der Waals surface area (Å²) in [7, 11) is 0. The number of nitrogens with zero attached hydrogens (tertiary/aromatic N) is 1. The zero-order valence-corrected chi connectivity index (χ0v) is 9.92. The van der Waals surface area contributed by atoms with Gasteiger partial charge in [-0.15, -0.1) is 0 Å². The topological polar surface area (TPSA) is 3.24 Å². The Morgan fingerprint density at radius 1 is 0.824 bits per heavy atom. The molecular weight excluding hydrogens is 206 g/mol. The Hall–Kier alpha value is -1.76. The van der Waals surface area contributed by atoms with E-state index in [9.17, 15) is 0 Å². The van der Waals surface area contributed by atoms with Gasteiger partial charge in [0, 0.05) is 18.3 Å². The third-order valence-corrected chi connectivity index (χ3v) is 3.27. The molecule has 1 saturated carbocycles. The molecule has 0 heterocycles. The fourth-order valence-electron chi connectivity index (χ4n) is 2.22. The van der Waals surface area contributed by atoms with Crippen LogP contribution in [0.4, 0.5) is 5.69 Å². The molecule has 0 bridgehead atoms. The molecule has 0 aliphatic heterocycles. The van der Waals surface area contributed by atoms with Gasteiger partial charge in [-0.3, -0.25) is 0 Å². The second kappa shape index (κ2) is 4.62. The molecule has 86 valence electrons. The van der Waals surface area contributed by atoms with Crippen LogP contribution in [0.1, 0.15) is 18.4 Å². The lowest BCUT2D eigenvalue weighted by Crippen LogP contribution is -2.24. The number of rotatable bonds is 4. The number of hydrogen-bond acceptors (Lipinski definition) is 1. The molecule has 2 aromatic rings. The first-order valence-corrected chi connectivity index (χ1v) is 6.29. The summed E-state index contributed by atoms with van der Waals surface area (Å²) < 4.78 is 0. The highest BCUT2D eigenvalue weighted by molar-refractivity contribution is 5.49. The number of benzene rings is 2. The summed E-state index contributed by atoms with van der Waals surface area (Å²) >= 11 is 0. The molecule has 0 saturated heterocycles. The highest BCUT2D eigenvalue weighted by Gasteiger charge is 2.28. The van der Waals surface area contributed by atoms with E-state index in [-0.39, 0.29) is 0 Å². The number of hydrogen-bond donors (Lipinski definition) is 0. The molecule has 0 amide bonds. The number of anilines is 1. The smallest absolute Gasteiger partial charge is 0.0432 e. The van der Waals surface area contributed by atoms with Crippen LogP contribution in [-0.4, -0.2) is 6.04 Å². The maximum atomic E-state index is 2.52. The minimum Gasteiger partial charge on any atom is -0.364 e. The first-order valence-electron chi connectivity index (χ1n) is 6.29. The molecule has 0 unspecified atom stereocenters. The fraction of sp³-hybridized carbons (Fsp3) is 0.250. The molecule has 2 aromatic carbocycles. The predicted molar refractivity (Wildman–Crippen MR) is 72.1 cm³/mol. The van der Waals surface area contributed by atoms with Gasteiger partial charge in [0.1, 0.15) is 0 Å². The van der Waals surface area contributed by atoms with E-state index in [2.05, 4.69) is 65.6 Å². The molecule has 1 heteroatoms. The molecule has 1 aliphatic carbocycles. The monoisotopic (exact) mass is 223 g/mol. The van der Waals surface area contributed by atoms with Crippen molar-refractivity contribution < 1.29 is 0 Å². The molecule has 1 nitrogen and oxygen atoms in total. The Balaban J connectivity index is 1.82. The van der Waals surface area contributed by atoms with Gasteiger partial charge >= 0.3 is 0 Å². The highest BCUT2D eigenvalue weighted by atomic mass is 15.2. The molecule has 0 atom stereocenters. The van der Waals surface area contributed by atoms with Crippen molar-refractivity contribution in [2.45, 2.75) is 25.4 Å². The predicted octanol–water partition coefficient (Wildman–Crippen LogP) is 3.86. The van der Waals surface area contributed by atoms with Crippen molar-refractivity contribution in [1.29, 1.82) is 0 Å². The van der Waals surface area contributed by atoms with Crippen molar-refractivity contribution in [3.05, 3.63) is 66.2 Å². The van der Waals surface area contributed by atoms with Crippen LogP contribution in [0.2, 0.25) is 0 Å². The lowest BCUT2D eigenvalue weighted by Gasteiger charge is -2.24. The van der Waals surface area contributed by atoms with Crippen molar-refractivity contribution in [2.75, 3.05) is 4.90 Å². The van der Waals surface area contributed by atoms with Gasteiger partial charge in [-0.25, -0.2) is 0 Å². The third-order valence-electron chi connectivity index (χ3n) is 3.27. The standard InChI is InChI=1S/C16H17N/c1-3-7-14(8-4-1)13-17(16-11-12-16)15-9-5-2-6-10-15/h1-10,16H,11-13H2. The molecule has 0 radical (unpaired) electrons. The average Bonchev–Trinajstić information content (AvgIpc) is 3.23. The largest absolute Gasteiger partial charge is 0.364 e. The van der Waals surface area contributed by atoms with Crippen LogP contribution in [0.25, 0.3) is 0 Å². The average molecular weight is 223 g/mol. The maximum absolute atomic E-state index is 2.52. The van der Waals surface area contributed by atoms with E-state index in [0.717, 1.165) is 12.6 Å². The minimum atomic E-state index is 0.748. The molecule has 0 spiro atoms. The first kappa shape index (κ1) is 10.4. The lowest BCUT2D eigenvalue weighted by atomic mass is 10.2. The first-order chi connectivity index (χ1) is 8.43. The van der Waals surface area contributed by atoms with Gasteiger partial charge < -0.3 is 4.90 Å². The molecule has 3 rings (SSSR count). The Morgan fingerprint density at radius 2 is 1.41 bits per heavy atom. The van der Waals surface area contributed by atoms with Crippen molar-refractivity contribution >= 4 is 5.69 Å². The zero-order chi connectivity index (χ0) is 11.5. The fourth-order valence-corrected chi connectivity index (χ4v) is 2.22. The Labute approximate surface area is 103 Å². The SMILES string of the molecule is c1ccc(CN(c2ccccc2)C2CC2)cc1. The van der Waals surface area contributed by atoms with E-state index in [0.29, 0.717) is 0 Å². The summed E-state index contributed by atoms with van der Waals surface area (Å²) in [4.78, 5) is 2.52. The van der Waals surface area contributed by atoms with Crippen LogP contribution in [0, 0.1) is 0 Å². The summed E-state index contributed by atoms with van der Waals surface area (Å²) in [6, 6.07) is 22.2. The van der Waals surface area contributed by atoms with Crippen molar-refractivity contribution in [2.24, 2.45) is 0 Å². The summed E-state index contributed by atoms with van der Waals surface area (Å²) in [6.07, 6.45) is 2.67. The van der Waals surface area contributed by atoms with Gasteiger partial charge in [0.05, 0.1) is 0 Å². The summed E-state index contributed by atoms with van der Waals surface area (Å²) in [5, 5.41) is 0. The molecule has 0 aromatic heterocycles. The lowest BCUT2D eigenvalue weighted by molar-refractivity contribution is 0.794. The van der Waals surface area contributed by atoms with Gasteiger partial charge in [-0.05, 0) is 30.5 Å². The third kappa shape index (κ3) is 2.50. The highest BCUT2D eigenvalue weighted by Crippen LogP contribution is 2.32. The van der Waals surface area contributed by atoms with Gasteiger partial charge in [0.15, 0.2) is 0 Å². The van der Waals surface area contributed by atoms with Crippen molar-refractivity contribution in [1.82, 2.24) is 0 Å². The van der Waals surface area contributed by atoms with E-state index in [1.54, 1.807) is 0 Å². The maximum Gasteiger partial charge on any atom is 0.0432 e. The van der Waals surface area contributed by atoms with Crippen LogP contribution in [-0.2, 0) is 6.54 Å². The van der Waals surface area contributed by atoms with E-state index < -0.39 is 0 Å². The molecule has 1 aliphatic rings. The van der Waals surface area contributed by atoms with Crippen molar-refractivity contribution in [3.63, 3.8) is 0 Å². The van der Waals surface area contributed by atoms with Gasteiger partial charge in [-0.1, -0.05) is 48.5 Å². The molecule has 1 fully saturated rings. The van der Waals surface area contributed by atoms with Gasteiger partial charge in [0.25, 0.3) is 0 Å². The molecule has 17 heavy (non-hydrogen) atoms. The normalized spacial score (nSPS) is 14.6. The molecular formula is C16H17N. The Morgan fingerprint density at radius 3 is 2.00 bits per heavy atom. The Kier molecular flexibility index (Phi) is 2.83. The molecule has 0 N–H and O–H groups in total. The van der Waals surface area contributed by atoms with E-state index in [1.807, 2.05) is 0 Å². The summed E-state index contributed by atoms with van der Waals surface area (Å²) in [5.41, 5.74) is 2.74. The van der Waals surface area contributed by atoms with Crippen LogP contribution in [0.5, 0.6) is 0 Å². The van der Waals surface area contributed by atoms with E-state index in [4.69, 9.17) is 0 Å². The summed E-state index contributed by atoms with van der Waals surface area (Å²) in [6.45, 7) is 1.02. The second-order valence-corrected chi connectivity index (χ2v) is 4.68. The summed E-state index contributed by atoms with van der Waals surface area (Å²) in [5.74, 6) is 0. The van der Waals surface area contributed by atoms with E-state index >= 15 is 0 Å².